The maximum Gasteiger partial charge on any atom is 0.318 e. The highest BCUT2D eigenvalue weighted by molar-refractivity contribution is 5.75. The zero-order valence-corrected chi connectivity index (χ0v) is 15.7. The second-order valence-corrected chi connectivity index (χ2v) is 6.56. The molecule has 0 saturated heterocycles. The van der Waals surface area contributed by atoms with Crippen molar-refractivity contribution in [3.63, 3.8) is 0 Å². The van der Waals surface area contributed by atoms with Crippen LogP contribution in [0.2, 0.25) is 0 Å². The average molecular weight is 350 g/mol. The van der Waals surface area contributed by atoms with E-state index in [1.54, 1.807) is 21.3 Å². The molecule has 25 heavy (non-hydrogen) atoms. The average Bonchev–Trinajstić information content (AvgIpc) is 3.13. The Hall–Kier alpha value is -1.95. The molecule has 6 heteroatoms. The Kier molecular flexibility index (Phi) is 7.37. The number of ether oxygens (including phenoxy) is 3. The SMILES string of the molecule is COC[C@@H](C)NC(=O)N(Cc1ccc(OC)c(OC)c1)C1CCCC1. The molecule has 0 heterocycles. The summed E-state index contributed by atoms with van der Waals surface area (Å²) >= 11 is 0. The third kappa shape index (κ3) is 5.26. The molecule has 1 N–H and O–H groups in total. The van der Waals surface area contributed by atoms with Crippen LogP contribution in [0.1, 0.15) is 38.2 Å². The Balaban J connectivity index is 2.14. The zero-order chi connectivity index (χ0) is 18.2. The third-order valence-corrected chi connectivity index (χ3v) is 4.61. The fourth-order valence-electron chi connectivity index (χ4n) is 3.34. The minimum absolute atomic E-state index is 0.0215. The molecule has 0 aliphatic heterocycles. The van der Waals surface area contributed by atoms with Crippen molar-refractivity contribution in [2.45, 2.75) is 51.2 Å². The molecule has 1 aromatic rings. The number of hydrogen-bond acceptors (Lipinski definition) is 4. The first kappa shape index (κ1) is 19.4. The van der Waals surface area contributed by atoms with Gasteiger partial charge in [0.15, 0.2) is 11.5 Å². The molecule has 0 radical (unpaired) electrons. The Morgan fingerprint density at radius 2 is 1.88 bits per heavy atom. The molecule has 2 rings (SSSR count). The highest BCUT2D eigenvalue weighted by Crippen LogP contribution is 2.30. The van der Waals surface area contributed by atoms with E-state index in [2.05, 4.69) is 5.32 Å². The smallest absolute Gasteiger partial charge is 0.318 e. The van der Waals surface area contributed by atoms with Crippen molar-refractivity contribution in [1.29, 1.82) is 0 Å². The summed E-state index contributed by atoms with van der Waals surface area (Å²) in [6.45, 7) is 3.00. The molecule has 1 fully saturated rings. The minimum atomic E-state index is -0.0359. The maximum atomic E-state index is 12.8. The van der Waals surface area contributed by atoms with Gasteiger partial charge in [-0.05, 0) is 37.5 Å². The second kappa shape index (κ2) is 9.51. The van der Waals surface area contributed by atoms with Gasteiger partial charge in [-0.2, -0.15) is 0 Å². The summed E-state index contributed by atoms with van der Waals surface area (Å²) in [5.41, 5.74) is 1.03. The van der Waals surface area contributed by atoms with E-state index in [-0.39, 0.29) is 18.1 Å². The molecule has 1 aliphatic rings. The minimum Gasteiger partial charge on any atom is -0.493 e. The summed E-state index contributed by atoms with van der Waals surface area (Å²) in [6, 6.07) is 6.02. The van der Waals surface area contributed by atoms with Crippen LogP contribution < -0.4 is 14.8 Å². The highest BCUT2D eigenvalue weighted by atomic mass is 16.5. The summed E-state index contributed by atoms with van der Waals surface area (Å²) in [6.07, 6.45) is 4.46. The number of nitrogens with zero attached hydrogens (tertiary/aromatic N) is 1. The maximum absolute atomic E-state index is 12.8. The lowest BCUT2D eigenvalue weighted by molar-refractivity contribution is 0.147. The normalized spacial score (nSPS) is 15.7. The summed E-state index contributed by atoms with van der Waals surface area (Å²) in [7, 11) is 4.88. The molecule has 0 bridgehead atoms. The van der Waals surface area contributed by atoms with Crippen LogP contribution in [0.3, 0.4) is 0 Å². The number of methoxy groups -OCH3 is 3. The van der Waals surface area contributed by atoms with Crippen LogP contribution in [-0.2, 0) is 11.3 Å². The lowest BCUT2D eigenvalue weighted by Gasteiger charge is -2.30. The number of carbonyl (C=O) groups excluding carboxylic acids is 1. The van der Waals surface area contributed by atoms with Crippen molar-refractivity contribution in [2.75, 3.05) is 27.9 Å². The molecule has 1 aromatic carbocycles. The van der Waals surface area contributed by atoms with E-state index in [0.717, 1.165) is 18.4 Å². The standard InChI is InChI=1S/C19H30N2O4/c1-14(13-23-2)20-19(22)21(16-7-5-6-8-16)12-15-9-10-17(24-3)18(11-15)25-4/h9-11,14,16H,5-8,12-13H2,1-4H3,(H,20,22)/t14-/m1/s1. The summed E-state index contributed by atoms with van der Waals surface area (Å²) in [5.74, 6) is 1.37. The van der Waals surface area contributed by atoms with E-state index in [1.165, 1.54) is 12.8 Å². The Bertz CT molecular complexity index is 558. The van der Waals surface area contributed by atoms with Crippen LogP contribution in [-0.4, -0.2) is 51.0 Å². The molecule has 0 unspecified atom stereocenters. The van der Waals surface area contributed by atoms with Gasteiger partial charge < -0.3 is 24.4 Å². The van der Waals surface area contributed by atoms with Crippen molar-refractivity contribution in [2.24, 2.45) is 0 Å². The fraction of sp³-hybridized carbons (Fsp3) is 0.632. The number of carbonyl (C=O) groups is 1. The highest BCUT2D eigenvalue weighted by Gasteiger charge is 2.27. The van der Waals surface area contributed by atoms with Gasteiger partial charge in [-0.3, -0.25) is 0 Å². The van der Waals surface area contributed by atoms with Crippen LogP contribution >= 0.6 is 0 Å². The van der Waals surface area contributed by atoms with Crippen LogP contribution in [0.15, 0.2) is 18.2 Å². The topological polar surface area (TPSA) is 60.0 Å². The first-order valence-electron chi connectivity index (χ1n) is 8.86. The van der Waals surface area contributed by atoms with E-state index >= 15 is 0 Å². The molecule has 2 amide bonds. The largest absolute Gasteiger partial charge is 0.493 e. The summed E-state index contributed by atoms with van der Waals surface area (Å²) < 4.78 is 15.8. The lowest BCUT2D eigenvalue weighted by Crippen LogP contribution is -2.48. The van der Waals surface area contributed by atoms with Crippen LogP contribution in [0.5, 0.6) is 11.5 Å². The van der Waals surface area contributed by atoms with Gasteiger partial charge in [0, 0.05) is 19.7 Å². The summed E-state index contributed by atoms with van der Waals surface area (Å²) in [4.78, 5) is 14.7. The van der Waals surface area contributed by atoms with Crippen molar-refractivity contribution in [3.05, 3.63) is 23.8 Å². The number of urea groups is 1. The van der Waals surface area contributed by atoms with Gasteiger partial charge in [-0.15, -0.1) is 0 Å². The molecule has 6 nitrogen and oxygen atoms in total. The molecule has 1 atom stereocenters. The lowest BCUT2D eigenvalue weighted by atomic mass is 10.1. The monoisotopic (exact) mass is 350 g/mol. The predicted octanol–water partition coefficient (Wildman–Crippen LogP) is 3.19. The van der Waals surface area contributed by atoms with Crippen molar-refractivity contribution in [3.8, 4) is 11.5 Å². The van der Waals surface area contributed by atoms with Gasteiger partial charge in [0.1, 0.15) is 0 Å². The quantitative estimate of drug-likeness (QED) is 0.782. The molecule has 0 aromatic heterocycles. The van der Waals surface area contributed by atoms with E-state index in [4.69, 9.17) is 14.2 Å². The molecule has 1 saturated carbocycles. The molecule has 0 spiro atoms. The number of nitrogens with one attached hydrogen (secondary N) is 1. The van der Waals surface area contributed by atoms with E-state index in [0.29, 0.717) is 24.7 Å². The number of benzene rings is 1. The molecular weight excluding hydrogens is 320 g/mol. The van der Waals surface area contributed by atoms with Crippen LogP contribution in [0, 0.1) is 0 Å². The van der Waals surface area contributed by atoms with Crippen molar-refractivity contribution >= 4 is 6.03 Å². The van der Waals surface area contributed by atoms with E-state index in [1.807, 2.05) is 30.0 Å². The fourth-order valence-corrected chi connectivity index (χ4v) is 3.34. The number of rotatable bonds is 8. The van der Waals surface area contributed by atoms with Gasteiger partial charge >= 0.3 is 6.03 Å². The Morgan fingerprint density at radius 1 is 1.20 bits per heavy atom. The molecule has 140 valence electrons. The Morgan fingerprint density at radius 3 is 2.48 bits per heavy atom. The second-order valence-electron chi connectivity index (χ2n) is 6.56. The van der Waals surface area contributed by atoms with Gasteiger partial charge in [-0.1, -0.05) is 18.9 Å². The first-order chi connectivity index (χ1) is 12.1. The molecular formula is C19H30N2O4. The number of amides is 2. The van der Waals surface area contributed by atoms with Gasteiger partial charge in [0.2, 0.25) is 0 Å². The zero-order valence-electron chi connectivity index (χ0n) is 15.7. The predicted molar refractivity (Wildman–Crippen MR) is 97.2 cm³/mol. The van der Waals surface area contributed by atoms with E-state index < -0.39 is 0 Å². The van der Waals surface area contributed by atoms with Crippen LogP contribution in [0.4, 0.5) is 4.79 Å². The molecule has 1 aliphatic carbocycles. The van der Waals surface area contributed by atoms with Gasteiger partial charge in [-0.25, -0.2) is 4.79 Å². The van der Waals surface area contributed by atoms with Crippen LogP contribution in [0.25, 0.3) is 0 Å². The van der Waals surface area contributed by atoms with Crippen molar-refractivity contribution in [1.82, 2.24) is 10.2 Å². The third-order valence-electron chi connectivity index (χ3n) is 4.61. The van der Waals surface area contributed by atoms with Gasteiger partial charge in [0.05, 0.1) is 26.9 Å². The number of hydrogen-bond donors (Lipinski definition) is 1. The van der Waals surface area contributed by atoms with E-state index in [9.17, 15) is 4.79 Å². The van der Waals surface area contributed by atoms with Gasteiger partial charge in [0.25, 0.3) is 0 Å². The van der Waals surface area contributed by atoms with Crippen molar-refractivity contribution < 1.29 is 19.0 Å². The summed E-state index contributed by atoms with van der Waals surface area (Å²) in [5, 5.41) is 3.04. The Labute approximate surface area is 150 Å². The first-order valence-corrected chi connectivity index (χ1v) is 8.86.